The summed E-state index contributed by atoms with van der Waals surface area (Å²) in [5.74, 6) is 0.342. The molecular weight excluding hydrogens is 488 g/mol. The Bertz CT molecular complexity index is 1480. The van der Waals surface area contributed by atoms with E-state index in [2.05, 4.69) is 59.5 Å². The normalized spacial score (nSPS) is 17.5. The molecule has 1 aliphatic heterocycles. The summed E-state index contributed by atoms with van der Waals surface area (Å²) >= 11 is 0. The third-order valence-corrected chi connectivity index (χ3v) is 7.68. The van der Waals surface area contributed by atoms with E-state index in [-0.39, 0.29) is 5.91 Å². The van der Waals surface area contributed by atoms with Crippen LogP contribution in [0.25, 0.3) is 11.3 Å². The van der Waals surface area contributed by atoms with Crippen molar-refractivity contribution in [3.05, 3.63) is 89.6 Å². The number of aryl methyl sites for hydroxylation is 2. The van der Waals surface area contributed by atoms with Crippen molar-refractivity contribution < 1.29 is 4.79 Å². The second kappa shape index (κ2) is 10.9. The van der Waals surface area contributed by atoms with Gasteiger partial charge < -0.3 is 15.5 Å². The number of carbonyl (C=O) groups excluding carboxylic acids is 1. The Morgan fingerprint density at radius 1 is 1.00 bits per heavy atom. The fourth-order valence-electron chi connectivity index (χ4n) is 5.42. The van der Waals surface area contributed by atoms with E-state index in [1.807, 2.05) is 37.3 Å². The molecule has 1 fully saturated rings. The summed E-state index contributed by atoms with van der Waals surface area (Å²) in [7, 11) is 2.19. The Kier molecular flexibility index (Phi) is 7.00. The summed E-state index contributed by atoms with van der Waals surface area (Å²) in [5, 5.41) is 6.35. The van der Waals surface area contributed by atoms with Gasteiger partial charge in [0, 0.05) is 73.3 Å². The van der Waals surface area contributed by atoms with Gasteiger partial charge in [-0.05, 0) is 73.8 Å². The van der Waals surface area contributed by atoms with Crippen LogP contribution in [0.5, 0.6) is 0 Å². The SMILES string of the molecule is Cc1ccc(NC(=O)c2ccc3c(c2)CC[C@H]3N2CCN(C)CC2)cc1Nc1nccc(-c2cncnc2)n1. The lowest BCUT2D eigenvalue weighted by atomic mass is 10.0. The second-order valence-corrected chi connectivity index (χ2v) is 10.3. The van der Waals surface area contributed by atoms with Crippen LogP contribution >= 0.6 is 0 Å². The third-order valence-electron chi connectivity index (χ3n) is 7.68. The monoisotopic (exact) mass is 520 g/mol. The van der Waals surface area contributed by atoms with Gasteiger partial charge in [0.05, 0.1) is 5.69 Å². The smallest absolute Gasteiger partial charge is 0.255 e. The van der Waals surface area contributed by atoms with Crippen molar-refractivity contribution in [3.8, 4) is 11.3 Å². The maximum atomic E-state index is 13.2. The number of hydrogen-bond acceptors (Lipinski definition) is 8. The fourth-order valence-corrected chi connectivity index (χ4v) is 5.42. The van der Waals surface area contributed by atoms with Crippen molar-refractivity contribution in [3.63, 3.8) is 0 Å². The van der Waals surface area contributed by atoms with Crippen molar-refractivity contribution in [2.45, 2.75) is 25.8 Å². The van der Waals surface area contributed by atoms with Crippen LogP contribution in [0.3, 0.4) is 0 Å². The van der Waals surface area contributed by atoms with Crippen LogP contribution < -0.4 is 10.6 Å². The summed E-state index contributed by atoms with van der Waals surface area (Å²) in [5.41, 5.74) is 7.42. The van der Waals surface area contributed by atoms with Gasteiger partial charge in [-0.2, -0.15) is 0 Å². The molecule has 0 radical (unpaired) electrons. The van der Waals surface area contributed by atoms with E-state index in [0.717, 1.165) is 61.5 Å². The first kappa shape index (κ1) is 25.1. The van der Waals surface area contributed by atoms with Gasteiger partial charge in [0.15, 0.2) is 0 Å². The van der Waals surface area contributed by atoms with E-state index in [1.165, 1.54) is 17.5 Å². The third kappa shape index (κ3) is 5.50. The first-order valence-electron chi connectivity index (χ1n) is 13.4. The largest absolute Gasteiger partial charge is 0.324 e. The van der Waals surface area contributed by atoms with Crippen molar-refractivity contribution >= 4 is 23.2 Å². The zero-order chi connectivity index (χ0) is 26.8. The Morgan fingerprint density at radius 3 is 2.64 bits per heavy atom. The van der Waals surface area contributed by atoms with E-state index in [0.29, 0.717) is 23.2 Å². The molecule has 1 aliphatic carbocycles. The highest BCUT2D eigenvalue weighted by atomic mass is 16.1. The van der Waals surface area contributed by atoms with Gasteiger partial charge in [0.25, 0.3) is 5.91 Å². The molecule has 0 unspecified atom stereocenters. The van der Waals surface area contributed by atoms with Crippen LogP contribution in [0.4, 0.5) is 17.3 Å². The molecule has 1 saturated heterocycles. The molecule has 9 heteroatoms. The maximum absolute atomic E-state index is 13.2. The molecule has 39 heavy (non-hydrogen) atoms. The number of aromatic nitrogens is 4. The molecule has 198 valence electrons. The van der Waals surface area contributed by atoms with Crippen molar-refractivity contribution in [2.24, 2.45) is 0 Å². The molecule has 4 aromatic rings. The molecule has 0 saturated carbocycles. The van der Waals surface area contributed by atoms with Gasteiger partial charge in [-0.3, -0.25) is 9.69 Å². The van der Waals surface area contributed by atoms with Gasteiger partial charge in [-0.1, -0.05) is 12.1 Å². The first-order chi connectivity index (χ1) is 19.0. The van der Waals surface area contributed by atoms with Crippen LogP contribution in [-0.4, -0.2) is 68.9 Å². The molecule has 0 spiro atoms. The average Bonchev–Trinajstić information content (AvgIpc) is 3.39. The number of nitrogens with zero attached hydrogens (tertiary/aromatic N) is 6. The topological polar surface area (TPSA) is 99.2 Å². The molecule has 2 aromatic heterocycles. The average molecular weight is 521 g/mol. The molecule has 2 N–H and O–H groups in total. The number of likely N-dealkylation sites (N-methyl/N-ethyl adjacent to an activating group) is 1. The number of hydrogen-bond donors (Lipinski definition) is 2. The Balaban J connectivity index is 1.15. The van der Waals surface area contributed by atoms with Crippen molar-refractivity contribution in [1.29, 1.82) is 0 Å². The maximum Gasteiger partial charge on any atom is 0.255 e. The standard InChI is InChI=1S/C30H32N8O/c1-20-3-6-24(16-27(20)36-30-33-10-9-26(35-30)23-17-31-19-32-18-23)34-29(39)22-4-7-25-21(15-22)5-8-28(25)38-13-11-37(2)12-14-38/h3-4,6-7,9-10,15-19,28H,5,8,11-14H2,1-2H3,(H,34,39)(H,33,35,36)/t28-/m1/s1. The summed E-state index contributed by atoms with van der Waals surface area (Å²) in [6, 6.07) is 14.3. The Hall–Kier alpha value is -4.21. The van der Waals surface area contributed by atoms with Gasteiger partial charge in [0.1, 0.15) is 6.33 Å². The number of rotatable bonds is 6. The Labute approximate surface area is 228 Å². The van der Waals surface area contributed by atoms with E-state index >= 15 is 0 Å². The molecule has 9 nitrogen and oxygen atoms in total. The van der Waals surface area contributed by atoms with Crippen LogP contribution in [0, 0.1) is 6.92 Å². The summed E-state index contributed by atoms with van der Waals surface area (Å²) in [6.07, 6.45) is 8.75. The summed E-state index contributed by atoms with van der Waals surface area (Å²) < 4.78 is 0. The number of nitrogens with one attached hydrogen (secondary N) is 2. The number of anilines is 3. The van der Waals surface area contributed by atoms with Crippen molar-refractivity contribution in [1.82, 2.24) is 29.7 Å². The minimum absolute atomic E-state index is 0.113. The quantitative estimate of drug-likeness (QED) is 0.384. The molecule has 3 heterocycles. The number of benzene rings is 2. The lowest BCUT2D eigenvalue weighted by Crippen LogP contribution is -2.45. The van der Waals surface area contributed by atoms with E-state index in [1.54, 1.807) is 18.6 Å². The van der Waals surface area contributed by atoms with Crippen LogP contribution in [-0.2, 0) is 6.42 Å². The van der Waals surface area contributed by atoms with Gasteiger partial charge in [-0.15, -0.1) is 0 Å². The molecule has 2 aromatic carbocycles. The molecule has 1 atom stereocenters. The minimum Gasteiger partial charge on any atom is -0.324 e. The van der Waals surface area contributed by atoms with Gasteiger partial charge in [-0.25, -0.2) is 19.9 Å². The highest BCUT2D eigenvalue weighted by molar-refractivity contribution is 6.04. The number of carbonyl (C=O) groups is 1. The first-order valence-corrected chi connectivity index (χ1v) is 13.4. The van der Waals surface area contributed by atoms with E-state index in [9.17, 15) is 4.79 Å². The summed E-state index contributed by atoms with van der Waals surface area (Å²) in [6.45, 7) is 6.42. The molecule has 1 amide bonds. The summed E-state index contributed by atoms with van der Waals surface area (Å²) in [4.78, 5) is 35.3. The predicted octanol–water partition coefficient (Wildman–Crippen LogP) is 4.47. The number of piperazine rings is 1. The van der Waals surface area contributed by atoms with Gasteiger partial charge in [0.2, 0.25) is 5.95 Å². The van der Waals surface area contributed by atoms with Crippen molar-refractivity contribution in [2.75, 3.05) is 43.9 Å². The number of fused-ring (bicyclic) bond motifs is 1. The fraction of sp³-hybridized carbons (Fsp3) is 0.300. The van der Waals surface area contributed by atoms with E-state index in [4.69, 9.17) is 0 Å². The second-order valence-electron chi connectivity index (χ2n) is 10.3. The molecule has 6 rings (SSSR count). The highest BCUT2D eigenvalue weighted by Crippen LogP contribution is 2.37. The molecule has 2 aliphatic rings. The van der Waals surface area contributed by atoms with Crippen LogP contribution in [0.2, 0.25) is 0 Å². The lowest BCUT2D eigenvalue weighted by molar-refractivity contribution is 0.102. The zero-order valence-electron chi connectivity index (χ0n) is 22.3. The minimum atomic E-state index is -0.113. The predicted molar refractivity (Wildman–Crippen MR) is 152 cm³/mol. The van der Waals surface area contributed by atoms with Gasteiger partial charge >= 0.3 is 0 Å². The van der Waals surface area contributed by atoms with E-state index < -0.39 is 0 Å². The van der Waals surface area contributed by atoms with Crippen LogP contribution in [0.15, 0.2) is 67.4 Å². The zero-order valence-corrected chi connectivity index (χ0v) is 22.3. The molecular formula is C30H32N8O. The number of amides is 1. The Morgan fingerprint density at radius 2 is 1.82 bits per heavy atom. The lowest BCUT2D eigenvalue weighted by Gasteiger charge is -2.36. The molecule has 0 bridgehead atoms. The van der Waals surface area contributed by atoms with Crippen LogP contribution in [0.1, 0.15) is 39.5 Å². The highest BCUT2D eigenvalue weighted by Gasteiger charge is 2.30.